The third-order valence-electron chi connectivity index (χ3n) is 1.61. The van der Waals surface area contributed by atoms with Crippen molar-refractivity contribution in [1.29, 1.82) is 0 Å². The summed E-state index contributed by atoms with van der Waals surface area (Å²) in [6.07, 6.45) is 0. The first-order valence-corrected chi connectivity index (χ1v) is 4.91. The van der Waals surface area contributed by atoms with Crippen molar-refractivity contribution in [3.63, 3.8) is 0 Å². The number of hydrogen-bond acceptors (Lipinski definition) is 3. The lowest BCUT2D eigenvalue weighted by Gasteiger charge is -2.04. The van der Waals surface area contributed by atoms with Crippen LogP contribution in [0.2, 0.25) is 5.02 Å². The molecule has 0 amide bonds. The fourth-order valence-corrected chi connectivity index (χ4v) is 2.12. The van der Waals surface area contributed by atoms with Crippen LogP contribution in [-0.4, -0.2) is 11.6 Å². The SMILES string of the molecule is FC(F)Oc1ccc(Cl)c2ncsc12. The number of alkyl halides is 2. The van der Waals surface area contributed by atoms with Gasteiger partial charge >= 0.3 is 6.61 Å². The van der Waals surface area contributed by atoms with Crippen LogP contribution in [0.5, 0.6) is 5.75 Å². The number of ether oxygens (including phenoxy) is 1. The lowest BCUT2D eigenvalue weighted by molar-refractivity contribution is -0.0486. The van der Waals surface area contributed by atoms with Crippen molar-refractivity contribution in [2.45, 2.75) is 6.61 Å². The van der Waals surface area contributed by atoms with E-state index in [1.54, 1.807) is 0 Å². The molecule has 0 N–H and O–H groups in total. The second-order valence-electron chi connectivity index (χ2n) is 2.45. The topological polar surface area (TPSA) is 22.1 Å². The number of benzene rings is 1. The zero-order chi connectivity index (χ0) is 10.1. The van der Waals surface area contributed by atoms with Gasteiger partial charge in [-0.15, -0.1) is 11.3 Å². The van der Waals surface area contributed by atoms with Gasteiger partial charge in [0.1, 0.15) is 11.3 Å². The molecule has 74 valence electrons. The highest BCUT2D eigenvalue weighted by Gasteiger charge is 2.12. The Labute approximate surface area is 87.1 Å². The molecule has 0 aliphatic heterocycles. The normalized spacial score (nSPS) is 11.1. The molecule has 6 heteroatoms. The summed E-state index contributed by atoms with van der Waals surface area (Å²) in [5, 5.41) is 0.433. The summed E-state index contributed by atoms with van der Waals surface area (Å²) < 4.78 is 28.8. The van der Waals surface area contributed by atoms with Gasteiger partial charge < -0.3 is 4.74 Å². The molecule has 0 aliphatic carbocycles. The fraction of sp³-hybridized carbons (Fsp3) is 0.125. The maximum atomic E-state index is 12.0. The molecule has 2 nitrogen and oxygen atoms in total. The van der Waals surface area contributed by atoms with Crippen molar-refractivity contribution < 1.29 is 13.5 Å². The Morgan fingerprint density at radius 1 is 1.43 bits per heavy atom. The van der Waals surface area contributed by atoms with Gasteiger partial charge in [-0.25, -0.2) is 4.98 Å². The first-order valence-electron chi connectivity index (χ1n) is 3.65. The van der Waals surface area contributed by atoms with Crippen molar-refractivity contribution in [1.82, 2.24) is 4.98 Å². The van der Waals surface area contributed by atoms with Crippen LogP contribution in [0.4, 0.5) is 8.78 Å². The highest BCUT2D eigenvalue weighted by atomic mass is 35.5. The van der Waals surface area contributed by atoms with Gasteiger partial charge in [0.05, 0.1) is 15.2 Å². The number of halogens is 3. The number of thiazole rings is 1. The van der Waals surface area contributed by atoms with Gasteiger partial charge in [0, 0.05) is 0 Å². The van der Waals surface area contributed by atoms with Crippen LogP contribution >= 0.6 is 22.9 Å². The molecule has 0 saturated heterocycles. The summed E-state index contributed by atoms with van der Waals surface area (Å²) in [5.74, 6) is 0.113. The Morgan fingerprint density at radius 3 is 2.93 bits per heavy atom. The second-order valence-corrected chi connectivity index (χ2v) is 3.72. The smallest absolute Gasteiger partial charge is 0.387 e. The lowest BCUT2D eigenvalue weighted by atomic mass is 10.3. The Balaban J connectivity index is 2.55. The average molecular weight is 236 g/mol. The van der Waals surface area contributed by atoms with Crippen molar-refractivity contribution in [3.05, 3.63) is 22.7 Å². The molecule has 2 rings (SSSR count). The molecular formula is C8H4ClF2NOS. The van der Waals surface area contributed by atoms with Crippen LogP contribution in [0.3, 0.4) is 0 Å². The summed E-state index contributed by atoms with van der Waals surface area (Å²) in [6, 6.07) is 2.90. The highest BCUT2D eigenvalue weighted by Crippen LogP contribution is 2.34. The van der Waals surface area contributed by atoms with Crippen molar-refractivity contribution in [3.8, 4) is 5.75 Å². The molecule has 0 spiro atoms. The largest absolute Gasteiger partial charge is 0.433 e. The molecule has 1 aromatic heterocycles. The quantitative estimate of drug-likeness (QED) is 0.794. The van der Waals surface area contributed by atoms with E-state index in [1.165, 1.54) is 29.0 Å². The van der Waals surface area contributed by atoms with Crippen molar-refractivity contribution in [2.75, 3.05) is 0 Å². The summed E-state index contributed by atoms with van der Waals surface area (Å²) in [6.45, 7) is -2.83. The summed E-state index contributed by atoms with van der Waals surface area (Å²) in [7, 11) is 0. The van der Waals surface area contributed by atoms with Crippen LogP contribution in [0, 0.1) is 0 Å². The van der Waals surface area contributed by atoms with Gasteiger partial charge in [-0.05, 0) is 12.1 Å². The second kappa shape index (κ2) is 3.67. The standard InChI is InChI=1S/C8H4ClF2NOS/c9-4-1-2-5(13-8(10)11)7-6(4)12-3-14-7/h1-3,8H. The van der Waals surface area contributed by atoms with E-state index in [9.17, 15) is 8.78 Å². The molecule has 0 aliphatic rings. The first kappa shape index (κ1) is 9.61. The third-order valence-corrected chi connectivity index (χ3v) is 2.76. The zero-order valence-electron chi connectivity index (χ0n) is 6.71. The van der Waals surface area contributed by atoms with E-state index in [0.717, 1.165) is 0 Å². The fourth-order valence-electron chi connectivity index (χ4n) is 1.08. The minimum atomic E-state index is -2.83. The molecule has 0 bridgehead atoms. The molecule has 14 heavy (non-hydrogen) atoms. The molecule has 0 unspecified atom stereocenters. The number of nitrogens with zero attached hydrogens (tertiary/aromatic N) is 1. The Morgan fingerprint density at radius 2 is 2.21 bits per heavy atom. The van der Waals surface area contributed by atoms with Crippen LogP contribution < -0.4 is 4.74 Å². The highest BCUT2D eigenvalue weighted by molar-refractivity contribution is 7.17. The van der Waals surface area contributed by atoms with Crippen molar-refractivity contribution in [2.24, 2.45) is 0 Å². The maximum Gasteiger partial charge on any atom is 0.387 e. The minimum absolute atomic E-state index is 0.113. The Bertz CT molecular complexity index is 460. The summed E-state index contributed by atoms with van der Waals surface area (Å²) >= 11 is 7.02. The first-order chi connectivity index (χ1) is 6.68. The van der Waals surface area contributed by atoms with Gasteiger partial charge in [-0.3, -0.25) is 0 Å². The molecule has 1 aromatic carbocycles. The monoisotopic (exact) mass is 235 g/mol. The molecular weight excluding hydrogens is 232 g/mol. The average Bonchev–Trinajstić information content (AvgIpc) is 2.58. The van der Waals surface area contributed by atoms with E-state index in [0.29, 0.717) is 15.2 Å². The van der Waals surface area contributed by atoms with E-state index in [4.69, 9.17) is 11.6 Å². The number of hydrogen-bond donors (Lipinski definition) is 0. The van der Waals surface area contributed by atoms with Crippen LogP contribution in [0.25, 0.3) is 10.2 Å². The predicted octanol–water partition coefficient (Wildman–Crippen LogP) is 3.55. The van der Waals surface area contributed by atoms with Crippen LogP contribution in [-0.2, 0) is 0 Å². The maximum absolute atomic E-state index is 12.0. The molecule has 0 atom stereocenters. The van der Waals surface area contributed by atoms with E-state index < -0.39 is 6.61 Å². The lowest BCUT2D eigenvalue weighted by Crippen LogP contribution is -2.01. The number of fused-ring (bicyclic) bond motifs is 1. The van der Waals surface area contributed by atoms with Gasteiger partial charge in [0.15, 0.2) is 0 Å². The Hall–Kier alpha value is -0.940. The van der Waals surface area contributed by atoms with Crippen molar-refractivity contribution >= 4 is 33.2 Å². The molecule has 0 saturated carbocycles. The molecule has 1 heterocycles. The van der Waals surface area contributed by atoms with Crippen LogP contribution in [0.15, 0.2) is 17.6 Å². The van der Waals surface area contributed by atoms with Gasteiger partial charge in [0.25, 0.3) is 0 Å². The summed E-state index contributed by atoms with van der Waals surface area (Å²) in [4.78, 5) is 3.95. The number of rotatable bonds is 2. The van der Waals surface area contributed by atoms with E-state index in [1.807, 2.05) is 0 Å². The van der Waals surface area contributed by atoms with Gasteiger partial charge in [-0.1, -0.05) is 11.6 Å². The minimum Gasteiger partial charge on any atom is -0.433 e. The van der Waals surface area contributed by atoms with E-state index >= 15 is 0 Å². The van der Waals surface area contributed by atoms with Gasteiger partial charge in [-0.2, -0.15) is 8.78 Å². The molecule has 0 radical (unpaired) electrons. The summed E-state index contributed by atoms with van der Waals surface area (Å²) in [5.41, 5.74) is 2.03. The van der Waals surface area contributed by atoms with E-state index in [-0.39, 0.29) is 5.75 Å². The van der Waals surface area contributed by atoms with Gasteiger partial charge in [0.2, 0.25) is 0 Å². The van der Waals surface area contributed by atoms with Crippen LogP contribution in [0.1, 0.15) is 0 Å². The Kier molecular flexibility index (Phi) is 2.52. The molecule has 2 aromatic rings. The van der Waals surface area contributed by atoms with E-state index in [2.05, 4.69) is 9.72 Å². The molecule has 0 fully saturated rings. The predicted molar refractivity (Wildman–Crippen MR) is 51.3 cm³/mol. The number of aromatic nitrogens is 1. The zero-order valence-corrected chi connectivity index (χ0v) is 8.28. The third kappa shape index (κ3) is 1.65.